The lowest BCUT2D eigenvalue weighted by molar-refractivity contribution is -0.384. The van der Waals surface area contributed by atoms with Gasteiger partial charge in [0.05, 0.1) is 16.6 Å². The average molecular weight is 232 g/mol. The van der Waals surface area contributed by atoms with Gasteiger partial charge in [-0.25, -0.2) is 4.98 Å². The summed E-state index contributed by atoms with van der Waals surface area (Å²) in [5.41, 5.74) is -0.168. The second-order valence-corrected chi connectivity index (χ2v) is 3.33. The van der Waals surface area contributed by atoms with Gasteiger partial charge in [-0.1, -0.05) is 11.6 Å². The molecule has 1 heterocycles. The number of nitro groups is 1. The average Bonchev–Trinajstić information content (AvgIpc) is 2.17. The predicted octanol–water partition coefficient (Wildman–Crippen LogP) is 1.07. The van der Waals surface area contributed by atoms with E-state index in [0.717, 1.165) is 0 Å². The molecule has 0 saturated heterocycles. The molecule has 0 atom stereocenters. The molecular weight excluding hydrogens is 222 g/mol. The summed E-state index contributed by atoms with van der Waals surface area (Å²) in [6.07, 6.45) is 1.33. The Balaban J connectivity index is 3.10. The van der Waals surface area contributed by atoms with Crippen LogP contribution in [0.15, 0.2) is 12.3 Å². The molecule has 15 heavy (non-hydrogen) atoms. The van der Waals surface area contributed by atoms with Crippen molar-refractivity contribution in [2.45, 2.75) is 0 Å². The van der Waals surface area contributed by atoms with Crippen molar-refractivity contribution in [3.8, 4) is 0 Å². The van der Waals surface area contributed by atoms with Crippen LogP contribution in [0.1, 0.15) is 0 Å². The van der Waals surface area contributed by atoms with Crippen LogP contribution in [-0.2, 0) is 0 Å². The Hall–Kier alpha value is -1.40. The molecule has 7 heteroatoms. The summed E-state index contributed by atoms with van der Waals surface area (Å²) < 4.78 is 0. The number of pyridine rings is 1. The predicted molar refractivity (Wildman–Crippen MR) is 56.3 cm³/mol. The Morgan fingerprint density at radius 2 is 2.40 bits per heavy atom. The van der Waals surface area contributed by atoms with Crippen LogP contribution in [0.25, 0.3) is 0 Å². The monoisotopic (exact) mass is 231 g/mol. The molecule has 0 bridgehead atoms. The van der Waals surface area contributed by atoms with Crippen molar-refractivity contribution in [2.24, 2.45) is 0 Å². The molecule has 1 rings (SSSR count). The standard InChI is InChI=1S/C8H10ClN3O3/c1-11(2-3-13)8-7(12(14)15)4-6(9)5-10-8/h4-5,13H,2-3H2,1H3. The van der Waals surface area contributed by atoms with Crippen LogP contribution >= 0.6 is 11.6 Å². The lowest BCUT2D eigenvalue weighted by Gasteiger charge is -2.16. The third-order valence-corrected chi connectivity index (χ3v) is 2.01. The van der Waals surface area contributed by atoms with E-state index in [1.54, 1.807) is 7.05 Å². The number of aliphatic hydroxyl groups excluding tert-OH is 1. The quantitative estimate of drug-likeness (QED) is 0.619. The van der Waals surface area contributed by atoms with Gasteiger partial charge in [0, 0.05) is 25.9 Å². The van der Waals surface area contributed by atoms with Gasteiger partial charge in [0.1, 0.15) is 0 Å². The Labute approximate surface area is 91.3 Å². The zero-order valence-electron chi connectivity index (χ0n) is 8.05. The molecule has 0 aliphatic carbocycles. The van der Waals surface area contributed by atoms with E-state index in [4.69, 9.17) is 16.7 Å². The summed E-state index contributed by atoms with van der Waals surface area (Å²) in [4.78, 5) is 15.5. The molecule has 6 nitrogen and oxygen atoms in total. The highest BCUT2D eigenvalue weighted by Gasteiger charge is 2.18. The molecule has 0 radical (unpaired) electrons. The van der Waals surface area contributed by atoms with Crippen molar-refractivity contribution < 1.29 is 10.0 Å². The third-order valence-electron chi connectivity index (χ3n) is 1.81. The Morgan fingerprint density at radius 1 is 1.73 bits per heavy atom. The number of anilines is 1. The zero-order valence-corrected chi connectivity index (χ0v) is 8.81. The highest BCUT2D eigenvalue weighted by Crippen LogP contribution is 2.27. The molecule has 0 saturated carbocycles. The van der Waals surface area contributed by atoms with Gasteiger partial charge >= 0.3 is 5.69 Å². The Kier molecular flexibility index (Phi) is 3.81. The maximum absolute atomic E-state index is 10.7. The normalized spacial score (nSPS) is 10.1. The molecule has 82 valence electrons. The zero-order chi connectivity index (χ0) is 11.4. The molecule has 0 unspecified atom stereocenters. The Bertz CT molecular complexity index is 372. The fourth-order valence-electron chi connectivity index (χ4n) is 1.11. The lowest BCUT2D eigenvalue weighted by atomic mass is 10.3. The van der Waals surface area contributed by atoms with Crippen LogP contribution in [0.3, 0.4) is 0 Å². The van der Waals surface area contributed by atoms with Crippen molar-refractivity contribution in [1.82, 2.24) is 4.98 Å². The fourth-order valence-corrected chi connectivity index (χ4v) is 1.26. The highest BCUT2D eigenvalue weighted by molar-refractivity contribution is 6.30. The van der Waals surface area contributed by atoms with E-state index in [2.05, 4.69) is 4.98 Å². The number of aliphatic hydroxyl groups is 1. The van der Waals surface area contributed by atoms with Crippen molar-refractivity contribution in [2.75, 3.05) is 25.1 Å². The first-order valence-electron chi connectivity index (χ1n) is 4.18. The Morgan fingerprint density at radius 3 is 2.93 bits per heavy atom. The highest BCUT2D eigenvalue weighted by atomic mass is 35.5. The number of likely N-dealkylation sites (N-methyl/N-ethyl adjacent to an activating group) is 1. The topological polar surface area (TPSA) is 79.5 Å². The van der Waals surface area contributed by atoms with E-state index in [1.165, 1.54) is 17.2 Å². The molecule has 0 aliphatic heterocycles. The first-order valence-corrected chi connectivity index (χ1v) is 4.56. The van der Waals surface area contributed by atoms with E-state index >= 15 is 0 Å². The summed E-state index contributed by atoms with van der Waals surface area (Å²) in [6, 6.07) is 1.23. The largest absolute Gasteiger partial charge is 0.395 e. The molecule has 1 aromatic heterocycles. The summed E-state index contributed by atoms with van der Waals surface area (Å²) in [7, 11) is 1.61. The molecule has 1 N–H and O–H groups in total. The van der Waals surface area contributed by atoms with E-state index in [0.29, 0.717) is 0 Å². The number of rotatable bonds is 4. The van der Waals surface area contributed by atoms with Gasteiger partial charge in [0.15, 0.2) is 0 Å². The second kappa shape index (κ2) is 4.90. The van der Waals surface area contributed by atoms with Gasteiger partial charge in [0.25, 0.3) is 0 Å². The molecule has 0 aromatic carbocycles. The number of aromatic nitrogens is 1. The van der Waals surface area contributed by atoms with Gasteiger partial charge in [-0.15, -0.1) is 0 Å². The summed E-state index contributed by atoms with van der Waals surface area (Å²) in [5, 5.41) is 19.6. The first-order chi connectivity index (χ1) is 7.06. The maximum Gasteiger partial charge on any atom is 0.313 e. The van der Waals surface area contributed by atoms with Crippen LogP contribution in [-0.4, -0.2) is 35.2 Å². The van der Waals surface area contributed by atoms with E-state index in [9.17, 15) is 10.1 Å². The summed E-state index contributed by atoms with van der Waals surface area (Å²) in [5.74, 6) is 0.193. The SMILES string of the molecule is CN(CCO)c1ncc(Cl)cc1[N+](=O)[O-]. The smallest absolute Gasteiger partial charge is 0.313 e. The minimum Gasteiger partial charge on any atom is -0.395 e. The van der Waals surface area contributed by atoms with Crippen LogP contribution in [0.5, 0.6) is 0 Å². The van der Waals surface area contributed by atoms with Crippen LogP contribution in [0.2, 0.25) is 5.02 Å². The fraction of sp³-hybridized carbons (Fsp3) is 0.375. The molecule has 0 fully saturated rings. The number of nitrogens with zero attached hydrogens (tertiary/aromatic N) is 3. The van der Waals surface area contributed by atoms with E-state index in [1.807, 2.05) is 0 Å². The molecular formula is C8H10ClN3O3. The van der Waals surface area contributed by atoms with Crippen molar-refractivity contribution in [1.29, 1.82) is 0 Å². The summed E-state index contributed by atoms with van der Waals surface area (Å²) in [6.45, 7) is 0.174. The third kappa shape index (κ3) is 2.77. The van der Waals surface area contributed by atoms with Crippen molar-refractivity contribution >= 4 is 23.1 Å². The second-order valence-electron chi connectivity index (χ2n) is 2.90. The van der Waals surface area contributed by atoms with E-state index in [-0.39, 0.29) is 29.7 Å². The number of hydrogen-bond donors (Lipinski definition) is 1. The van der Waals surface area contributed by atoms with Gasteiger partial charge in [-0.05, 0) is 0 Å². The van der Waals surface area contributed by atoms with Crippen LogP contribution in [0, 0.1) is 10.1 Å². The molecule has 0 aliphatic rings. The lowest BCUT2D eigenvalue weighted by Crippen LogP contribution is -2.23. The van der Waals surface area contributed by atoms with Crippen molar-refractivity contribution in [3.05, 3.63) is 27.4 Å². The van der Waals surface area contributed by atoms with Gasteiger partial charge in [0.2, 0.25) is 5.82 Å². The van der Waals surface area contributed by atoms with Gasteiger partial charge < -0.3 is 10.0 Å². The van der Waals surface area contributed by atoms with Crippen LogP contribution < -0.4 is 4.90 Å². The van der Waals surface area contributed by atoms with Crippen molar-refractivity contribution in [3.63, 3.8) is 0 Å². The summed E-state index contributed by atoms with van der Waals surface area (Å²) >= 11 is 5.61. The minimum atomic E-state index is -0.553. The molecule has 0 amide bonds. The maximum atomic E-state index is 10.7. The number of hydrogen-bond acceptors (Lipinski definition) is 5. The van der Waals surface area contributed by atoms with E-state index < -0.39 is 4.92 Å². The first kappa shape index (κ1) is 11.7. The molecule has 1 aromatic rings. The van der Waals surface area contributed by atoms with Gasteiger partial charge in [-0.2, -0.15) is 0 Å². The minimum absolute atomic E-state index is 0.0992. The number of halogens is 1. The van der Waals surface area contributed by atoms with Gasteiger partial charge in [-0.3, -0.25) is 10.1 Å². The molecule has 0 spiro atoms. The van der Waals surface area contributed by atoms with Crippen LogP contribution in [0.4, 0.5) is 11.5 Å².